The van der Waals surface area contributed by atoms with Crippen molar-refractivity contribution in [2.75, 3.05) is 0 Å². The average Bonchev–Trinajstić information content (AvgIpc) is 2.74. The lowest BCUT2D eigenvalue weighted by molar-refractivity contribution is 0.452. The Bertz CT molecular complexity index is 369. The van der Waals surface area contributed by atoms with Crippen molar-refractivity contribution in [1.29, 1.82) is 0 Å². The van der Waals surface area contributed by atoms with E-state index in [0.29, 0.717) is 0 Å². The van der Waals surface area contributed by atoms with E-state index in [-0.39, 0.29) is 6.04 Å². The maximum Gasteiger partial charge on any atom is 0.126 e. The summed E-state index contributed by atoms with van der Waals surface area (Å²) in [6.45, 7) is 0. The summed E-state index contributed by atoms with van der Waals surface area (Å²) in [5.41, 5.74) is 3.81. The van der Waals surface area contributed by atoms with Crippen molar-refractivity contribution < 1.29 is 4.42 Å². The molecule has 0 aliphatic heterocycles. The van der Waals surface area contributed by atoms with Crippen LogP contribution in [-0.2, 0) is 0 Å². The van der Waals surface area contributed by atoms with E-state index < -0.39 is 0 Å². The Morgan fingerprint density at radius 2 is 1.86 bits per heavy atom. The van der Waals surface area contributed by atoms with Gasteiger partial charge in [0.25, 0.3) is 0 Å². The summed E-state index contributed by atoms with van der Waals surface area (Å²) < 4.78 is 5.30. The Morgan fingerprint density at radius 3 is 2.43 bits per heavy atom. The fourth-order valence-corrected chi connectivity index (χ4v) is 1.44. The fourth-order valence-electron chi connectivity index (χ4n) is 1.44. The fraction of sp³-hybridized carbons (Fsp3) is 0.0909. The lowest BCUT2D eigenvalue weighted by Crippen LogP contribution is -2.28. The molecule has 0 aliphatic carbocycles. The quantitative estimate of drug-likeness (QED) is 0.570. The minimum atomic E-state index is -0.0776. The van der Waals surface area contributed by atoms with Gasteiger partial charge in [0.15, 0.2) is 0 Å². The van der Waals surface area contributed by atoms with E-state index in [1.165, 1.54) is 0 Å². The van der Waals surface area contributed by atoms with Crippen LogP contribution in [0.2, 0.25) is 0 Å². The van der Waals surface area contributed by atoms with Crippen LogP contribution >= 0.6 is 0 Å². The molecule has 1 atom stereocenters. The molecule has 2 rings (SSSR count). The van der Waals surface area contributed by atoms with E-state index >= 15 is 0 Å². The summed E-state index contributed by atoms with van der Waals surface area (Å²) in [4.78, 5) is 0. The molecule has 0 fully saturated rings. The number of hydrogen-bond donors (Lipinski definition) is 2. The van der Waals surface area contributed by atoms with E-state index in [4.69, 9.17) is 10.3 Å². The zero-order valence-corrected chi connectivity index (χ0v) is 7.68. The van der Waals surface area contributed by atoms with E-state index in [2.05, 4.69) is 5.43 Å². The van der Waals surface area contributed by atoms with Crippen molar-refractivity contribution in [3.63, 3.8) is 0 Å². The molecule has 0 radical (unpaired) electrons. The molecule has 3 nitrogen and oxygen atoms in total. The van der Waals surface area contributed by atoms with Crippen LogP contribution < -0.4 is 11.3 Å². The Hall–Kier alpha value is -1.58. The number of benzene rings is 1. The maximum absolute atomic E-state index is 5.49. The zero-order chi connectivity index (χ0) is 9.80. The van der Waals surface area contributed by atoms with Gasteiger partial charge in [0.2, 0.25) is 0 Å². The molecular formula is C11H12N2O. The van der Waals surface area contributed by atoms with Crippen LogP contribution in [0.15, 0.2) is 53.1 Å². The van der Waals surface area contributed by atoms with Gasteiger partial charge in [0.1, 0.15) is 11.8 Å². The Labute approximate surface area is 82.5 Å². The smallest absolute Gasteiger partial charge is 0.126 e. The third kappa shape index (κ3) is 1.69. The first-order valence-corrected chi connectivity index (χ1v) is 4.46. The predicted molar refractivity (Wildman–Crippen MR) is 54.3 cm³/mol. The molecule has 0 aliphatic rings. The highest BCUT2D eigenvalue weighted by Gasteiger charge is 2.13. The summed E-state index contributed by atoms with van der Waals surface area (Å²) in [5.74, 6) is 6.30. The third-order valence-corrected chi connectivity index (χ3v) is 2.13. The van der Waals surface area contributed by atoms with Crippen molar-refractivity contribution in [3.8, 4) is 0 Å². The van der Waals surface area contributed by atoms with Crippen LogP contribution in [0.1, 0.15) is 17.4 Å². The van der Waals surface area contributed by atoms with Gasteiger partial charge in [-0.1, -0.05) is 30.3 Å². The van der Waals surface area contributed by atoms with Crippen molar-refractivity contribution >= 4 is 0 Å². The summed E-state index contributed by atoms with van der Waals surface area (Å²) in [6.07, 6.45) is 1.64. The summed E-state index contributed by atoms with van der Waals surface area (Å²) in [6, 6.07) is 13.6. The Morgan fingerprint density at radius 1 is 1.07 bits per heavy atom. The first-order chi connectivity index (χ1) is 6.92. The molecule has 14 heavy (non-hydrogen) atoms. The van der Waals surface area contributed by atoms with Crippen molar-refractivity contribution in [3.05, 3.63) is 60.1 Å². The van der Waals surface area contributed by atoms with Gasteiger partial charge in [-0.2, -0.15) is 0 Å². The lowest BCUT2D eigenvalue weighted by Gasteiger charge is -2.13. The molecule has 1 aromatic heterocycles. The number of nitrogens with one attached hydrogen (secondary N) is 1. The highest BCUT2D eigenvalue weighted by atomic mass is 16.3. The number of hydrogen-bond acceptors (Lipinski definition) is 3. The number of rotatable bonds is 3. The van der Waals surface area contributed by atoms with Gasteiger partial charge in [-0.05, 0) is 17.7 Å². The highest BCUT2D eigenvalue weighted by molar-refractivity contribution is 5.25. The molecule has 0 unspecified atom stereocenters. The molecule has 0 saturated heterocycles. The molecule has 3 heteroatoms. The summed E-state index contributed by atoms with van der Waals surface area (Å²) >= 11 is 0. The van der Waals surface area contributed by atoms with E-state index in [1.54, 1.807) is 6.26 Å². The Kier molecular flexibility index (Phi) is 2.62. The number of hydrazine groups is 1. The standard InChI is InChI=1S/C11H12N2O/c12-13-11(10-7-4-8-14-10)9-5-2-1-3-6-9/h1-8,11,13H,12H2/t11-/m1/s1. The van der Waals surface area contributed by atoms with E-state index in [0.717, 1.165) is 11.3 Å². The average molecular weight is 188 g/mol. The second-order valence-corrected chi connectivity index (χ2v) is 3.03. The molecule has 0 amide bonds. The summed E-state index contributed by atoms with van der Waals surface area (Å²) in [7, 11) is 0. The second kappa shape index (κ2) is 4.09. The third-order valence-electron chi connectivity index (χ3n) is 2.13. The van der Waals surface area contributed by atoms with E-state index in [9.17, 15) is 0 Å². The predicted octanol–water partition coefficient (Wildman–Crippen LogP) is 1.83. The van der Waals surface area contributed by atoms with Crippen LogP contribution in [0, 0.1) is 0 Å². The largest absolute Gasteiger partial charge is 0.467 e. The topological polar surface area (TPSA) is 51.2 Å². The van der Waals surface area contributed by atoms with Crippen molar-refractivity contribution in [2.45, 2.75) is 6.04 Å². The molecule has 72 valence electrons. The maximum atomic E-state index is 5.49. The SMILES string of the molecule is NN[C@H](c1ccccc1)c1ccco1. The molecule has 3 N–H and O–H groups in total. The molecule has 2 aromatic rings. The van der Waals surface area contributed by atoms with Crippen LogP contribution in [-0.4, -0.2) is 0 Å². The molecule has 1 heterocycles. The lowest BCUT2D eigenvalue weighted by atomic mass is 10.1. The van der Waals surface area contributed by atoms with Gasteiger partial charge < -0.3 is 4.42 Å². The molecule has 0 spiro atoms. The highest BCUT2D eigenvalue weighted by Crippen LogP contribution is 2.20. The van der Waals surface area contributed by atoms with Gasteiger partial charge >= 0.3 is 0 Å². The monoisotopic (exact) mass is 188 g/mol. The van der Waals surface area contributed by atoms with Gasteiger partial charge in [-0.25, -0.2) is 5.43 Å². The number of nitrogens with two attached hydrogens (primary N) is 1. The number of furan rings is 1. The Balaban J connectivity index is 2.31. The van der Waals surface area contributed by atoms with Gasteiger partial charge in [-0.3, -0.25) is 5.84 Å². The van der Waals surface area contributed by atoms with Crippen LogP contribution in [0.4, 0.5) is 0 Å². The molecule has 1 aromatic carbocycles. The van der Waals surface area contributed by atoms with Gasteiger partial charge in [0, 0.05) is 0 Å². The van der Waals surface area contributed by atoms with Crippen LogP contribution in [0.25, 0.3) is 0 Å². The zero-order valence-electron chi connectivity index (χ0n) is 7.68. The van der Waals surface area contributed by atoms with E-state index in [1.807, 2.05) is 42.5 Å². The van der Waals surface area contributed by atoms with Crippen molar-refractivity contribution in [1.82, 2.24) is 5.43 Å². The van der Waals surface area contributed by atoms with Crippen LogP contribution in [0.3, 0.4) is 0 Å². The van der Waals surface area contributed by atoms with Gasteiger partial charge in [0.05, 0.1) is 6.26 Å². The molecule has 0 saturated carbocycles. The first-order valence-electron chi connectivity index (χ1n) is 4.46. The normalized spacial score (nSPS) is 12.6. The second-order valence-electron chi connectivity index (χ2n) is 3.03. The first kappa shape index (κ1) is 8.99. The van der Waals surface area contributed by atoms with Crippen LogP contribution in [0.5, 0.6) is 0 Å². The summed E-state index contributed by atoms with van der Waals surface area (Å²) in [5, 5.41) is 0. The minimum Gasteiger partial charge on any atom is -0.467 e. The van der Waals surface area contributed by atoms with Crippen molar-refractivity contribution in [2.24, 2.45) is 5.84 Å². The molecular weight excluding hydrogens is 176 g/mol. The van der Waals surface area contributed by atoms with Gasteiger partial charge in [-0.15, -0.1) is 0 Å². The minimum absolute atomic E-state index is 0.0776. The molecule has 0 bridgehead atoms.